The second-order valence-electron chi connectivity index (χ2n) is 5.26. The Balaban J connectivity index is 2.34. The zero-order chi connectivity index (χ0) is 14.8. The third-order valence-electron chi connectivity index (χ3n) is 3.90. The van der Waals surface area contributed by atoms with Crippen LogP contribution in [-0.4, -0.2) is 18.0 Å². The molecule has 3 heteroatoms. The molecule has 3 rings (SSSR count). The van der Waals surface area contributed by atoms with Crippen molar-refractivity contribution in [3.05, 3.63) is 42.0 Å². The van der Waals surface area contributed by atoms with E-state index >= 15 is 0 Å². The molecule has 2 aromatic carbocycles. The van der Waals surface area contributed by atoms with Gasteiger partial charge in [0.1, 0.15) is 12.0 Å². The van der Waals surface area contributed by atoms with Crippen molar-refractivity contribution < 1.29 is 9.53 Å². The van der Waals surface area contributed by atoms with E-state index in [-0.39, 0.29) is 0 Å². The zero-order valence-corrected chi connectivity index (χ0v) is 12.4. The first-order chi connectivity index (χ1) is 10.3. The van der Waals surface area contributed by atoms with E-state index in [4.69, 9.17) is 4.74 Å². The van der Waals surface area contributed by atoms with E-state index in [1.54, 1.807) is 7.11 Å². The number of hydrogen-bond acceptors (Lipinski definition) is 2. The van der Waals surface area contributed by atoms with Crippen molar-refractivity contribution >= 4 is 28.1 Å². The second kappa shape index (κ2) is 5.60. The maximum absolute atomic E-state index is 10.8. The predicted octanol–water partition coefficient (Wildman–Crippen LogP) is 3.95. The Morgan fingerprint density at radius 3 is 2.48 bits per heavy atom. The van der Waals surface area contributed by atoms with Crippen LogP contribution in [0, 0.1) is 0 Å². The van der Waals surface area contributed by atoms with Gasteiger partial charge >= 0.3 is 0 Å². The van der Waals surface area contributed by atoms with E-state index in [0.29, 0.717) is 6.42 Å². The van der Waals surface area contributed by atoms with E-state index in [2.05, 4.69) is 35.8 Å². The number of methoxy groups -OCH3 is 1. The lowest BCUT2D eigenvalue weighted by molar-refractivity contribution is -0.107. The molecule has 0 bridgehead atoms. The smallest absolute Gasteiger partial charge is 0.124 e. The van der Waals surface area contributed by atoms with Gasteiger partial charge in [0.05, 0.1) is 7.11 Å². The van der Waals surface area contributed by atoms with Crippen LogP contribution in [0.2, 0.25) is 0 Å². The van der Waals surface area contributed by atoms with Crippen molar-refractivity contribution in [1.29, 1.82) is 0 Å². The Morgan fingerprint density at radius 1 is 1.10 bits per heavy atom. The average molecular weight is 281 g/mol. The summed E-state index contributed by atoms with van der Waals surface area (Å²) < 4.78 is 7.69. The van der Waals surface area contributed by atoms with Crippen LogP contribution in [-0.2, 0) is 17.8 Å². The number of hydrogen-bond donors (Lipinski definition) is 0. The number of rotatable bonds is 5. The standard InChI is InChI=1S/C18H19NO2/c1-3-9-19-17-6-4-13(8-10-20)11-15(17)16-12-14(21-2)5-7-18(16)19/h4-7,10-12H,3,8-9H2,1-2H3. The van der Waals surface area contributed by atoms with Crippen LogP contribution in [0.1, 0.15) is 18.9 Å². The zero-order valence-electron chi connectivity index (χ0n) is 12.4. The molecule has 1 aromatic heterocycles. The van der Waals surface area contributed by atoms with Crippen LogP contribution >= 0.6 is 0 Å². The number of carbonyl (C=O) groups is 1. The molecule has 0 fully saturated rings. The van der Waals surface area contributed by atoms with Gasteiger partial charge in [0.15, 0.2) is 0 Å². The van der Waals surface area contributed by atoms with E-state index in [1.165, 1.54) is 21.8 Å². The molecule has 0 N–H and O–H groups in total. The van der Waals surface area contributed by atoms with Crippen molar-refractivity contribution in [2.45, 2.75) is 26.3 Å². The van der Waals surface area contributed by atoms with Gasteiger partial charge in [-0.05, 0) is 42.3 Å². The summed E-state index contributed by atoms with van der Waals surface area (Å²) in [5, 5.41) is 2.38. The van der Waals surface area contributed by atoms with Crippen molar-refractivity contribution in [3.63, 3.8) is 0 Å². The number of carbonyl (C=O) groups excluding carboxylic acids is 1. The molecule has 1 heterocycles. The van der Waals surface area contributed by atoms with Gasteiger partial charge in [0.2, 0.25) is 0 Å². The SMILES string of the molecule is CCCn1c2ccc(CC=O)cc2c2cc(OC)ccc21. The highest BCUT2D eigenvalue weighted by Crippen LogP contribution is 2.32. The first kappa shape index (κ1) is 13.7. The number of benzene rings is 2. The summed E-state index contributed by atoms with van der Waals surface area (Å²) in [6, 6.07) is 12.5. The van der Waals surface area contributed by atoms with Crippen LogP contribution < -0.4 is 4.74 Å². The first-order valence-corrected chi connectivity index (χ1v) is 7.31. The molecule has 0 atom stereocenters. The molecule has 0 unspecified atom stereocenters. The monoisotopic (exact) mass is 281 g/mol. The van der Waals surface area contributed by atoms with Crippen LogP contribution in [0.3, 0.4) is 0 Å². The van der Waals surface area contributed by atoms with E-state index < -0.39 is 0 Å². The summed E-state index contributed by atoms with van der Waals surface area (Å²) in [6.07, 6.45) is 2.49. The Bertz CT molecular complexity index is 802. The summed E-state index contributed by atoms with van der Waals surface area (Å²) in [7, 11) is 1.68. The summed E-state index contributed by atoms with van der Waals surface area (Å²) in [4.78, 5) is 10.8. The number of aryl methyl sites for hydroxylation is 1. The van der Waals surface area contributed by atoms with Gasteiger partial charge in [-0.1, -0.05) is 13.0 Å². The fourth-order valence-corrected chi connectivity index (χ4v) is 2.94. The third-order valence-corrected chi connectivity index (χ3v) is 3.90. The second-order valence-corrected chi connectivity index (χ2v) is 5.26. The Morgan fingerprint density at radius 2 is 1.81 bits per heavy atom. The summed E-state index contributed by atoms with van der Waals surface area (Å²) in [5.74, 6) is 0.860. The molecular weight excluding hydrogens is 262 g/mol. The highest BCUT2D eigenvalue weighted by atomic mass is 16.5. The van der Waals surface area contributed by atoms with Gasteiger partial charge in [-0.2, -0.15) is 0 Å². The normalized spacial score (nSPS) is 11.1. The number of fused-ring (bicyclic) bond motifs is 3. The molecule has 0 aliphatic carbocycles. The van der Waals surface area contributed by atoms with Gasteiger partial charge in [-0.25, -0.2) is 0 Å². The fourth-order valence-electron chi connectivity index (χ4n) is 2.94. The highest BCUT2D eigenvalue weighted by molar-refractivity contribution is 6.08. The first-order valence-electron chi connectivity index (χ1n) is 7.31. The Hall–Kier alpha value is -2.29. The molecule has 0 aliphatic rings. The van der Waals surface area contributed by atoms with Crippen LogP contribution in [0.25, 0.3) is 21.8 Å². The topological polar surface area (TPSA) is 31.2 Å². The Labute approximate surface area is 124 Å². The molecule has 0 saturated carbocycles. The maximum Gasteiger partial charge on any atom is 0.124 e. The molecule has 0 radical (unpaired) electrons. The lowest BCUT2D eigenvalue weighted by Gasteiger charge is -2.05. The average Bonchev–Trinajstić information content (AvgIpc) is 2.81. The maximum atomic E-state index is 10.8. The molecular formula is C18H19NO2. The molecule has 3 nitrogen and oxygen atoms in total. The lowest BCUT2D eigenvalue weighted by Crippen LogP contribution is -1.96. The molecule has 0 saturated heterocycles. The minimum Gasteiger partial charge on any atom is -0.497 e. The molecule has 0 amide bonds. The number of aldehydes is 1. The van der Waals surface area contributed by atoms with Crippen LogP contribution in [0.5, 0.6) is 5.75 Å². The van der Waals surface area contributed by atoms with Crippen molar-refractivity contribution in [3.8, 4) is 5.75 Å². The van der Waals surface area contributed by atoms with Crippen molar-refractivity contribution in [1.82, 2.24) is 4.57 Å². The Kier molecular flexibility index (Phi) is 3.65. The van der Waals surface area contributed by atoms with Gasteiger partial charge in [0.25, 0.3) is 0 Å². The highest BCUT2D eigenvalue weighted by Gasteiger charge is 2.11. The van der Waals surface area contributed by atoms with Crippen molar-refractivity contribution in [2.24, 2.45) is 0 Å². The van der Waals surface area contributed by atoms with Crippen LogP contribution in [0.15, 0.2) is 36.4 Å². The van der Waals surface area contributed by atoms with E-state index in [9.17, 15) is 4.79 Å². The number of nitrogens with zero attached hydrogens (tertiary/aromatic N) is 1. The number of ether oxygens (including phenoxy) is 1. The van der Waals surface area contributed by atoms with Crippen LogP contribution in [0.4, 0.5) is 0 Å². The fraction of sp³-hybridized carbons (Fsp3) is 0.278. The largest absolute Gasteiger partial charge is 0.497 e. The quantitative estimate of drug-likeness (QED) is 0.663. The van der Waals surface area contributed by atoms with Gasteiger partial charge < -0.3 is 14.1 Å². The van der Waals surface area contributed by atoms with Crippen molar-refractivity contribution in [2.75, 3.05) is 7.11 Å². The molecule has 3 aromatic rings. The summed E-state index contributed by atoms with van der Waals surface area (Å²) in [6.45, 7) is 3.17. The minimum absolute atomic E-state index is 0.459. The lowest BCUT2D eigenvalue weighted by atomic mass is 10.1. The summed E-state index contributed by atoms with van der Waals surface area (Å²) in [5.41, 5.74) is 3.49. The van der Waals surface area contributed by atoms with E-state index in [0.717, 1.165) is 30.6 Å². The summed E-state index contributed by atoms with van der Waals surface area (Å²) >= 11 is 0. The number of aromatic nitrogens is 1. The molecule has 0 aliphatic heterocycles. The predicted molar refractivity (Wildman–Crippen MR) is 86.1 cm³/mol. The van der Waals surface area contributed by atoms with Gasteiger partial charge in [0, 0.05) is 34.8 Å². The molecule has 0 spiro atoms. The van der Waals surface area contributed by atoms with Gasteiger partial charge in [-0.3, -0.25) is 0 Å². The third kappa shape index (κ3) is 2.29. The molecule has 108 valence electrons. The van der Waals surface area contributed by atoms with Gasteiger partial charge in [-0.15, -0.1) is 0 Å². The van der Waals surface area contributed by atoms with E-state index in [1.807, 2.05) is 12.1 Å². The minimum atomic E-state index is 0.459. The molecule has 21 heavy (non-hydrogen) atoms.